The van der Waals surface area contributed by atoms with E-state index in [1.54, 1.807) is 13.4 Å². The van der Waals surface area contributed by atoms with E-state index < -0.39 is 0 Å². The highest BCUT2D eigenvalue weighted by atomic mass is 35.5. The molecule has 2 heterocycles. The number of halogens is 2. The SMILES string of the molecule is COc1ccccc1N1CCN(CCCCOc2ccc(Cn3cnc(Cl)c3Cl)cc2)CC1. The maximum absolute atomic E-state index is 6.12. The van der Waals surface area contributed by atoms with Gasteiger partial charge < -0.3 is 18.9 Å². The fourth-order valence-corrected chi connectivity index (χ4v) is 4.38. The molecule has 3 aromatic rings. The molecule has 2 aromatic carbocycles. The number of hydrogen-bond acceptors (Lipinski definition) is 5. The van der Waals surface area contributed by atoms with Crippen molar-refractivity contribution in [1.82, 2.24) is 14.5 Å². The molecule has 0 spiro atoms. The highest BCUT2D eigenvalue weighted by molar-refractivity contribution is 6.40. The second-order valence-corrected chi connectivity index (χ2v) is 8.87. The van der Waals surface area contributed by atoms with Crippen molar-refractivity contribution in [2.45, 2.75) is 19.4 Å². The molecule has 1 saturated heterocycles. The van der Waals surface area contributed by atoms with Gasteiger partial charge in [0, 0.05) is 32.7 Å². The van der Waals surface area contributed by atoms with E-state index >= 15 is 0 Å². The van der Waals surface area contributed by atoms with Crippen LogP contribution in [0.3, 0.4) is 0 Å². The smallest absolute Gasteiger partial charge is 0.166 e. The van der Waals surface area contributed by atoms with Crippen LogP contribution in [0.15, 0.2) is 54.9 Å². The maximum atomic E-state index is 6.12. The Bertz CT molecular complexity index is 1020. The van der Waals surface area contributed by atoms with Gasteiger partial charge in [-0.15, -0.1) is 0 Å². The van der Waals surface area contributed by atoms with Gasteiger partial charge in [-0.05, 0) is 49.2 Å². The molecule has 1 fully saturated rings. The zero-order valence-electron chi connectivity index (χ0n) is 18.9. The lowest BCUT2D eigenvalue weighted by atomic mass is 10.2. The van der Waals surface area contributed by atoms with E-state index in [2.05, 4.69) is 26.9 Å². The molecule has 0 N–H and O–H groups in total. The Hall–Kier alpha value is -2.41. The first-order valence-corrected chi connectivity index (χ1v) is 12.1. The summed E-state index contributed by atoms with van der Waals surface area (Å²) in [6, 6.07) is 16.3. The number of anilines is 1. The summed E-state index contributed by atoms with van der Waals surface area (Å²) >= 11 is 12.0. The number of unbranched alkanes of at least 4 members (excludes halogenated alkanes) is 1. The van der Waals surface area contributed by atoms with Gasteiger partial charge in [-0.25, -0.2) is 4.98 Å². The van der Waals surface area contributed by atoms with E-state index in [4.69, 9.17) is 32.7 Å². The lowest BCUT2D eigenvalue weighted by Crippen LogP contribution is -2.46. The Morgan fingerprint density at radius 3 is 2.39 bits per heavy atom. The molecular formula is C25H30Cl2N4O2. The van der Waals surface area contributed by atoms with E-state index in [1.165, 1.54) is 5.69 Å². The summed E-state index contributed by atoms with van der Waals surface area (Å²) in [4.78, 5) is 8.96. The zero-order chi connectivity index (χ0) is 23.0. The van der Waals surface area contributed by atoms with Crippen LogP contribution in [-0.4, -0.2) is 60.9 Å². The van der Waals surface area contributed by atoms with E-state index in [1.807, 2.05) is 41.0 Å². The summed E-state index contributed by atoms with van der Waals surface area (Å²) in [6.45, 7) is 6.67. The Balaban J connectivity index is 1.12. The standard InChI is InChI=1S/C25H30Cl2N4O2/c1-32-23-7-3-2-6-22(23)30-15-13-29(14-16-30)12-4-5-17-33-21-10-8-20(9-11-21)18-31-19-28-24(26)25(31)27/h2-3,6-11,19H,4-5,12-18H2,1H3. The molecule has 6 nitrogen and oxygen atoms in total. The highest BCUT2D eigenvalue weighted by Crippen LogP contribution is 2.28. The number of nitrogens with zero attached hydrogens (tertiary/aromatic N) is 4. The van der Waals surface area contributed by atoms with Gasteiger partial charge in [-0.1, -0.05) is 47.5 Å². The fourth-order valence-electron chi connectivity index (χ4n) is 4.07. The summed E-state index contributed by atoms with van der Waals surface area (Å²) in [5, 5.41) is 0.785. The second kappa shape index (κ2) is 11.6. The predicted octanol–water partition coefficient (Wildman–Crippen LogP) is 5.23. The second-order valence-electron chi connectivity index (χ2n) is 8.15. The summed E-state index contributed by atoms with van der Waals surface area (Å²) in [5.41, 5.74) is 2.31. The van der Waals surface area contributed by atoms with E-state index in [0.29, 0.717) is 16.9 Å². The maximum Gasteiger partial charge on any atom is 0.166 e. The van der Waals surface area contributed by atoms with Crippen molar-refractivity contribution >= 4 is 28.9 Å². The largest absolute Gasteiger partial charge is 0.495 e. The molecular weight excluding hydrogens is 459 g/mol. The quantitative estimate of drug-likeness (QED) is 0.365. The Kier molecular flexibility index (Phi) is 8.37. The van der Waals surface area contributed by atoms with Gasteiger partial charge in [-0.2, -0.15) is 0 Å². The van der Waals surface area contributed by atoms with Gasteiger partial charge in [-0.3, -0.25) is 4.90 Å². The molecule has 176 valence electrons. The molecule has 1 aromatic heterocycles. The first-order chi connectivity index (χ1) is 16.1. The summed E-state index contributed by atoms with van der Waals surface area (Å²) in [7, 11) is 1.74. The lowest BCUT2D eigenvalue weighted by Gasteiger charge is -2.36. The molecule has 8 heteroatoms. The molecule has 1 aliphatic heterocycles. The third-order valence-corrected chi connectivity index (χ3v) is 6.71. The average molecular weight is 489 g/mol. The Morgan fingerprint density at radius 2 is 1.70 bits per heavy atom. The Labute approximate surface area is 205 Å². The fraction of sp³-hybridized carbons (Fsp3) is 0.400. The highest BCUT2D eigenvalue weighted by Gasteiger charge is 2.19. The third kappa shape index (κ3) is 6.34. The minimum absolute atomic E-state index is 0.329. The molecule has 0 saturated carbocycles. The van der Waals surface area contributed by atoms with Crippen LogP contribution in [0.1, 0.15) is 18.4 Å². The van der Waals surface area contributed by atoms with Crippen LogP contribution in [0, 0.1) is 0 Å². The molecule has 0 aliphatic carbocycles. The van der Waals surface area contributed by atoms with Gasteiger partial charge >= 0.3 is 0 Å². The minimum Gasteiger partial charge on any atom is -0.495 e. The summed E-state index contributed by atoms with van der Waals surface area (Å²) in [6.07, 6.45) is 3.82. The van der Waals surface area contributed by atoms with Crippen molar-refractivity contribution in [3.63, 3.8) is 0 Å². The number of methoxy groups -OCH3 is 1. The third-order valence-electron chi connectivity index (χ3n) is 5.94. The van der Waals surface area contributed by atoms with Crippen molar-refractivity contribution in [2.24, 2.45) is 0 Å². The van der Waals surface area contributed by atoms with Gasteiger partial charge in [0.2, 0.25) is 0 Å². The van der Waals surface area contributed by atoms with Crippen LogP contribution in [0.5, 0.6) is 11.5 Å². The van der Waals surface area contributed by atoms with Crippen LogP contribution < -0.4 is 14.4 Å². The molecule has 0 amide bonds. The number of rotatable bonds is 10. The van der Waals surface area contributed by atoms with Gasteiger partial charge in [0.15, 0.2) is 5.15 Å². The number of hydrogen-bond donors (Lipinski definition) is 0. The zero-order valence-corrected chi connectivity index (χ0v) is 20.4. The number of piperazine rings is 1. The van der Waals surface area contributed by atoms with E-state index in [0.717, 1.165) is 69.2 Å². The van der Waals surface area contributed by atoms with E-state index in [-0.39, 0.29) is 0 Å². The molecule has 4 rings (SSSR count). The summed E-state index contributed by atoms with van der Waals surface area (Å²) in [5.74, 6) is 1.84. The van der Waals surface area contributed by atoms with Crippen molar-refractivity contribution in [3.05, 3.63) is 70.7 Å². The monoisotopic (exact) mass is 488 g/mol. The molecule has 33 heavy (non-hydrogen) atoms. The Morgan fingerprint density at radius 1 is 0.939 bits per heavy atom. The predicted molar refractivity (Wildman–Crippen MR) is 134 cm³/mol. The first-order valence-electron chi connectivity index (χ1n) is 11.3. The molecule has 1 aliphatic rings. The van der Waals surface area contributed by atoms with Crippen LogP contribution in [0.4, 0.5) is 5.69 Å². The van der Waals surface area contributed by atoms with Crippen molar-refractivity contribution < 1.29 is 9.47 Å². The van der Waals surface area contributed by atoms with E-state index in [9.17, 15) is 0 Å². The molecule has 0 unspecified atom stereocenters. The van der Waals surface area contributed by atoms with Crippen LogP contribution in [-0.2, 0) is 6.54 Å². The minimum atomic E-state index is 0.329. The normalized spacial score (nSPS) is 14.5. The number of ether oxygens (including phenoxy) is 2. The molecule has 0 radical (unpaired) electrons. The first kappa shape index (κ1) is 23.7. The van der Waals surface area contributed by atoms with Crippen molar-refractivity contribution in [2.75, 3.05) is 51.3 Å². The average Bonchev–Trinajstić information content (AvgIpc) is 3.17. The van der Waals surface area contributed by atoms with Gasteiger partial charge in [0.1, 0.15) is 16.7 Å². The molecule has 0 atom stereocenters. The van der Waals surface area contributed by atoms with Gasteiger partial charge in [0.25, 0.3) is 0 Å². The van der Waals surface area contributed by atoms with Crippen LogP contribution in [0.2, 0.25) is 10.3 Å². The lowest BCUT2D eigenvalue weighted by molar-refractivity contribution is 0.238. The number of benzene rings is 2. The van der Waals surface area contributed by atoms with Crippen molar-refractivity contribution in [1.29, 1.82) is 0 Å². The molecule has 0 bridgehead atoms. The van der Waals surface area contributed by atoms with Gasteiger partial charge in [0.05, 0.1) is 25.7 Å². The summed E-state index contributed by atoms with van der Waals surface area (Å²) < 4.78 is 13.2. The number of para-hydroxylation sites is 2. The topological polar surface area (TPSA) is 42.8 Å². The van der Waals surface area contributed by atoms with Crippen molar-refractivity contribution in [3.8, 4) is 11.5 Å². The number of aromatic nitrogens is 2. The van der Waals surface area contributed by atoms with Crippen LogP contribution >= 0.6 is 23.2 Å². The number of imidazole rings is 1. The van der Waals surface area contributed by atoms with Crippen LogP contribution in [0.25, 0.3) is 0 Å².